The molecule has 1 unspecified atom stereocenters. The first-order valence-electron chi connectivity index (χ1n) is 8.08. The van der Waals surface area contributed by atoms with E-state index < -0.39 is 5.82 Å². The van der Waals surface area contributed by atoms with Gasteiger partial charge >= 0.3 is 6.01 Å². The van der Waals surface area contributed by atoms with E-state index in [4.69, 9.17) is 4.74 Å². The number of aromatic nitrogens is 3. The van der Waals surface area contributed by atoms with E-state index in [9.17, 15) is 9.18 Å². The molecule has 3 heterocycles. The zero-order chi connectivity index (χ0) is 17.9. The number of rotatable bonds is 5. The molecule has 1 fully saturated rings. The molecule has 0 aliphatic carbocycles. The van der Waals surface area contributed by atoms with E-state index in [0.29, 0.717) is 25.3 Å². The molecule has 1 amide bonds. The summed E-state index contributed by atoms with van der Waals surface area (Å²) in [5.74, 6) is -0.104. The van der Waals surface area contributed by atoms with Crippen LogP contribution in [0.5, 0.6) is 6.01 Å². The summed E-state index contributed by atoms with van der Waals surface area (Å²) < 4.78 is 20.5. The van der Waals surface area contributed by atoms with Crippen molar-refractivity contribution in [1.82, 2.24) is 19.9 Å². The number of fused-ring (bicyclic) bond motifs is 1. The van der Waals surface area contributed by atoms with E-state index in [1.165, 1.54) is 11.8 Å². The molecule has 0 bridgehead atoms. The maximum atomic E-state index is 12.8. The molecule has 1 saturated heterocycles. The van der Waals surface area contributed by atoms with Crippen LogP contribution in [-0.4, -0.2) is 50.7 Å². The lowest BCUT2D eigenvalue weighted by molar-refractivity contribution is -0.127. The van der Waals surface area contributed by atoms with Crippen molar-refractivity contribution in [2.24, 2.45) is 0 Å². The summed E-state index contributed by atoms with van der Waals surface area (Å²) >= 11 is 3.05. The van der Waals surface area contributed by atoms with Crippen LogP contribution in [0.1, 0.15) is 6.42 Å². The number of thioether (sulfide) groups is 1. The van der Waals surface area contributed by atoms with Gasteiger partial charge in [0, 0.05) is 13.0 Å². The number of ether oxygens (including phenoxy) is 1. The molecular weight excluding hydrogens is 375 g/mol. The van der Waals surface area contributed by atoms with Gasteiger partial charge in [0.2, 0.25) is 5.91 Å². The fourth-order valence-corrected chi connectivity index (χ4v) is 4.66. The molecular formula is C17H15FN4O2S2. The Morgan fingerprint density at radius 3 is 2.96 bits per heavy atom. The average molecular weight is 390 g/mol. The Kier molecular flexibility index (Phi) is 4.98. The van der Waals surface area contributed by atoms with E-state index in [0.717, 1.165) is 26.9 Å². The minimum atomic E-state index is -0.507. The Morgan fingerprint density at radius 1 is 1.35 bits per heavy atom. The molecule has 6 nitrogen and oxygen atoms in total. The van der Waals surface area contributed by atoms with Crippen LogP contribution in [0.15, 0.2) is 41.0 Å². The van der Waals surface area contributed by atoms with Crippen molar-refractivity contribution in [3.05, 3.63) is 42.5 Å². The maximum Gasteiger partial charge on any atom is 0.316 e. The highest BCUT2D eigenvalue weighted by Crippen LogP contribution is 2.29. The third-order valence-corrected chi connectivity index (χ3v) is 6.12. The maximum absolute atomic E-state index is 12.8. The van der Waals surface area contributed by atoms with Crippen LogP contribution in [0.25, 0.3) is 10.2 Å². The molecule has 3 aromatic rings. The van der Waals surface area contributed by atoms with Crippen molar-refractivity contribution in [3.8, 4) is 6.01 Å². The fraction of sp³-hybridized carbons (Fsp3) is 0.294. The molecule has 9 heteroatoms. The Balaban J connectivity index is 1.29. The van der Waals surface area contributed by atoms with Crippen LogP contribution in [0, 0.1) is 5.82 Å². The van der Waals surface area contributed by atoms with Gasteiger partial charge in [0.25, 0.3) is 0 Å². The fourth-order valence-electron chi connectivity index (χ4n) is 2.69. The summed E-state index contributed by atoms with van der Waals surface area (Å²) in [6.07, 6.45) is 2.67. The van der Waals surface area contributed by atoms with E-state index in [1.807, 2.05) is 24.3 Å². The molecule has 0 saturated carbocycles. The predicted molar refractivity (Wildman–Crippen MR) is 97.9 cm³/mol. The molecule has 0 radical (unpaired) electrons. The second-order valence-electron chi connectivity index (χ2n) is 5.79. The van der Waals surface area contributed by atoms with Crippen LogP contribution in [0.3, 0.4) is 0 Å². The second kappa shape index (κ2) is 7.55. The van der Waals surface area contributed by atoms with Gasteiger partial charge in [-0.15, -0.1) is 11.3 Å². The lowest BCUT2D eigenvalue weighted by Gasteiger charge is -2.16. The van der Waals surface area contributed by atoms with Crippen molar-refractivity contribution in [2.45, 2.75) is 16.9 Å². The third kappa shape index (κ3) is 3.94. The Bertz CT molecular complexity index is 886. The van der Waals surface area contributed by atoms with Crippen LogP contribution in [0.2, 0.25) is 0 Å². The number of halogens is 1. The molecule has 0 N–H and O–H groups in total. The minimum Gasteiger partial charge on any atom is -0.458 e. The number of carbonyl (C=O) groups is 1. The lowest BCUT2D eigenvalue weighted by Crippen LogP contribution is -2.32. The first-order chi connectivity index (χ1) is 12.7. The number of amides is 1. The van der Waals surface area contributed by atoms with Gasteiger partial charge in [0.15, 0.2) is 10.2 Å². The van der Waals surface area contributed by atoms with Crippen LogP contribution in [0.4, 0.5) is 4.39 Å². The monoisotopic (exact) mass is 390 g/mol. The van der Waals surface area contributed by atoms with Gasteiger partial charge in [-0.2, -0.15) is 0 Å². The number of nitrogens with zero attached hydrogens (tertiary/aromatic N) is 4. The van der Waals surface area contributed by atoms with Gasteiger partial charge in [-0.25, -0.2) is 19.3 Å². The summed E-state index contributed by atoms with van der Waals surface area (Å²) in [4.78, 5) is 26.3. The second-order valence-corrected chi connectivity index (χ2v) is 8.04. The Labute approximate surface area is 157 Å². The molecule has 0 spiro atoms. The summed E-state index contributed by atoms with van der Waals surface area (Å²) in [6, 6.07) is 8.07. The molecule has 2 aromatic heterocycles. The Hall–Kier alpha value is -2.26. The van der Waals surface area contributed by atoms with E-state index in [2.05, 4.69) is 15.0 Å². The normalized spacial score (nSPS) is 17.0. The molecule has 1 aromatic carbocycles. The first kappa shape index (κ1) is 17.2. The van der Waals surface area contributed by atoms with Gasteiger partial charge in [-0.1, -0.05) is 23.9 Å². The largest absolute Gasteiger partial charge is 0.458 e. The average Bonchev–Trinajstić information content (AvgIpc) is 3.28. The standard InChI is InChI=1S/C17H15FN4O2S2/c18-11-7-19-16(20-8-11)24-12-5-6-22(9-12)15(23)10-25-17-21-13-3-1-2-4-14(13)26-17/h1-4,7-8,12H,5-6,9-10H2. The SMILES string of the molecule is O=C(CSc1nc2ccccc2s1)N1CCC(Oc2ncc(F)cn2)C1. The number of benzene rings is 1. The van der Waals surface area contributed by atoms with Crippen LogP contribution < -0.4 is 4.74 Å². The van der Waals surface area contributed by atoms with E-state index in [1.54, 1.807) is 16.2 Å². The molecule has 1 aliphatic heterocycles. The summed E-state index contributed by atoms with van der Waals surface area (Å²) in [5, 5.41) is 0. The summed E-state index contributed by atoms with van der Waals surface area (Å²) in [6.45, 7) is 1.12. The molecule has 26 heavy (non-hydrogen) atoms. The zero-order valence-corrected chi connectivity index (χ0v) is 15.3. The number of para-hydroxylation sites is 1. The number of thiazole rings is 1. The molecule has 1 atom stereocenters. The number of hydrogen-bond donors (Lipinski definition) is 0. The zero-order valence-electron chi connectivity index (χ0n) is 13.7. The highest BCUT2D eigenvalue weighted by molar-refractivity contribution is 8.01. The summed E-state index contributed by atoms with van der Waals surface area (Å²) in [7, 11) is 0. The van der Waals surface area contributed by atoms with Gasteiger partial charge in [-0.05, 0) is 12.1 Å². The molecule has 4 rings (SSSR count). The lowest BCUT2D eigenvalue weighted by atomic mass is 10.3. The minimum absolute atomic E-state index is 0.0559. The molecule has 1 aliphatic rings. The van der Waals surface area contributed by atoms with Crippen molar-refractivity contribution in [2.75, 3.05) is 18.8 Å². The van der Waals surface area contributed by atoms with E-state index in [-0.39, 0.29) is 18.0 Å². The van der Waals surface area contributed by atoms with Crippen LogP contribution in [-0.2, 0) is 4.79 Å². The Morgan fingerprint density at radius 2 is 2.15 bits per heavy atom. The topological polar surface area (TPSA) is 68.2 Å². The highest BCUT2D eigenvalue weighted by atomic mass is 32.2. The summed E-state index contributed by atoms with van der Waals surface area (Å²) in [5.41, 5.74) is 0.960. The van der Waals surface area contributed by atoms with Crippen molar-refractivity contribution in [1.29, 1.82) is 0 Å². The number of carbonyl (C=O) groups excluding carboxylic acids is 1. The van der Waals surface area contributed by atoms with Gasteiger partial charge in [0.1, 0.15) is 6.10 Å². The van der Waals surface area contributed by atoms with Gasteiger partial charge in [-0.3, -0.25) is 4.79 Å². The quantitative estimate of drug-likeness (QED) is 0.624. The molecule has 134 valence electrons. The van der Waals surface area contributed by atoms with Crippen molar-refractivity contribution < 1.29 is 13.9 Å². The smallest absolute Gasteiger partial charge is 0.316 e. The van der Waals surface area contributed by atoms with Gasteiger partial charge in [0.05, 0.1) is 34.9 Å². The highest BCUT2D eigenvalue weighted by Gasteiger charge is 2.28. The van der Waals surface area contributed by atoms with Crippen molar-refractivity contribution >= 4 is 39.2 Å². The number of hydrogen-bond acceptors (Lipinski definition) is 7. The third-order valence-electron chi connectivity index (χ3n) is 3.96. The first-order valence-corrected chi connectivity index (χ1v) is 9.88. The van der Waals surface area contributed by atoms with Gasteiger partial charge < -0.3 is 9.64 Å². The predicted octanol–water partition coefficient (Wildman–Crippen LogP) is 3.00. The van der Waals surface area contributed by atoms with Crippen molar-refractivity contribution in [3.63, 3.8) is 0 Å². The number of likely N-dealkylation sites (tertiary alicyclic amines) is 1. The van der Waals surface area contributed by atoms with E-state index >= 15 is 0 Å². The van der Waals surface area contributed by atoms with Crippen LogP contribution >= 0.6 is 23.1 Å².